The average Bonchev–Trinajstić information content (AvgIpc) is 2.53. The number of phenols is 1. The van der Waals surface area contributed by atoms with Gasteiger partial charge < -0.3 is 5.11 Å². The summed E-state index contributed by atoms with van der Waals surface area (Å²) >= 11 is 0. The molecule has 2 aromatic rings. The first-order valence-corrected chi connectivity index (χ1v) is 7.23. The van der Waals surface area contributed by atoms with Crippen molar-refractivity contribution < 1.29 is 19.5 Å². The first kappa shape index (κ1) is 15.5. The number of benzene rings is 2. The highest BCUT2D eigenvalue weighted by Crippen LogP contribution is 2.23. The standard InChI is InChI=1S/C18H14N2O4/c1-11-5-7-13(8-6-11)20-17(23)15(16(22)19-18(20)24)10-12-3-2-4-14(21)9-12/h2-10,21H,1H3,(H,19,22,24). The fourth-order valence-electron chi connectivity index (χ4n) is 2.37. The van der Waals surface area contributed by atoms with Crippen LogP contribution in [0.1, 0.15) is 11.1 Å². The molecule has 0 saturated carbocycles. The summed E-state index contributed by atoms with van der Waals surface area (Å²) in [5.41, 5.74) is 1.65. The molecule has 1 heterocycles. The van der Waals surface area contributed by atoms with Crippen LogP contribution in [-0.4, -0.2) is 23.0 Å². The lowest BCUT2D eigenvalue weighted by Crippen LogP contribution is -2.54. The number of rotatable bonds is 2. The van der Waals surface area contributed by atoms with Crippen molar-refractivity contribution in [2.24, 2.45) is 0 Å². The van der Waals surface area contributed by atoms with E-state index in [9.17, 15) is 19.5 Å². The van der Waals surface area contributed by atoms with Gasteiger partial charge in [0, 0.05) is 0 Å². The van der Waals surface area contributed by atoms with Gasteiger partial charge in [0.15, 0.2) is 0 Å². The minimum absolute atomic E-state index is 0.0134. The fourth-order valence-corrected chi connectivity index (χ4v) is 2.37. The number of carbonyl (C=O) groups is 3. The molecule has 0 atom stereocenters. The highest BCUT2D eigenvalue weighted by Gasteiger charge is 2.36. The van der Waals surface area contributed by atoms with E-state index in [4.69, 9.17) is 0 Å². The number of hydrogen-bond acceptors (Lipinski definition) is 4. The SMILES string of the molecule is Cc1ccc(N2C(=O)NC(=O)C(=Cc3cccc(O)c3)C2=O)cc1. The molecule has 0 bridgehead atoms. The van der Waals surface area contributed by atoms with Gasteiger partial charge >= 0.3 is 6.03 Å². The number of carbonyl (C=O) groups excluding carboxylic acids is 3. The second-order valence-electron chi connectivity index (χ2n) is 5.39. The van der Waals surface area contributed by atoms with Crippen LogP contribution < -0.4 is 10.2 Å². The zero-order chi connectivity index (χ0) is 17.3. The summed E-state index contributed by atoms with van der Waals surface area (Å²) in [6.07, 6.45) is 1.34. The average molecular weight is 322 g/mol. The van der Waals surface area contributed by atoms with E-state index in [2.05, 4.69) is 5.32 Å². The van der Waals surface area contributed by atoms with E-state index < -0.39 is 17.8 Å². The molecule has 6 heteroatoms. The van der Waals surface area contributed by atoms with Crippen LogP contribution in [0, 0.1) is 6.92 Å². The molecule has 0 aromatic heterocycles. The zero-order valence-electron chi connectivity index (χ0n) is 12.8. The second-order valence-corrected chi connectivity index (χ2v) is 5.39. The van der Waals surface area contributed by atoms with Crippen LogP contribution in [0.15, 0.2) is 54.1 Å². The number of phenolic OH excluding ortho intramolecular Hbond substituents is 1. The Balaban J connectivity index is 2.01. The largest absolute Gasteiger partial charge is 0.508 e. The van der Waals surface area contributed by atoms with Crippen LogP contribution in [0.3, 0.4) is 0 Å². The van der Waals surface area contributed by atoms with Gasteiger partial charge in [0.25, 0.3) is 11.8 Å². The van der Waals surface area contributed by atoms with Crippen molar-refractivity contribution in [1.29, 1.82) is 0 Å². The molecule has 6 nitrogen and oxygen atoms in total. The molecule has 0 radical (unpaired) electrons. The normalized spacial score (nSPS) is 16.5. The molecule has 3 rings (SSSR count). The molecule has 0 unspecified atom stereocenters. The van der Waals surface area contributed by atoms with E-state index in [1.54, 1.807) is 36.4 Å². The van der Waals surface area contributed by atoms with Crippen molar-refractivity contribution in [1.82, 2.24) is 5.32 Å². The van der Waals surface area contributed by atoms with Crippen LogP contribution >= 0.6 is 0 Å². The minimum atomic E-state index is -0.790. The molecule has 0 spiro atoms. The molecule has 1 aliphatic heterocycles. The van der Waals surface area contributed by atoms with E-state index in [0.717, 1.165) is 10.5 Å². The molecule has 1 aliphatic rings. The molecule has 0 aliphatic carbocycles. The van der Waals surface area contributed by atoms with Gasteiger partial charge in [-0.15, -0.1) is 0 Å². The molecule has 1 fully saturated rings. The maximum absolute atomic E-state index is 12.6. The Morgan fingerprint density at radius 2 is 1.75 bits per heavy atom. The highest BCUT2D eigenvalue weighted by atomic mass is 16.3. The van der Waals surface area contributed by atoms with Crippen molar-refractivity contribution in [2.75, 3.05) is 4.90 Å². The summed E-state index contributed by atoms with van der Waals surface area (Å²) in [5.74, 6) is -1.47. The van der Waals surface area contributed by atoms with E-state index in [-0.39, 0.29) is 11.3 Å². The van der Waals surface area contributed by atoms with E-state index >= 15 is 0 Å². The Kier molecular flexibility index (Phi) is 3.87. The van der Waals surface area contributed by atoms with E-state index in [1.165, 1.54) is 18.2 Å². The Morgan fingerprint density at radius 3 is 2.42 bits per heavy atom. The van der Waals surface area contributed by atoms with Crippen molar-refractivity contribution in [2.45, 2.75) is 6.92 Å². The van der Waals surface area contributed by atoms with E-state index in [1.807, 2.05) is 6.92 Å². The van der Waals surface area contributed by atoms with Crippen LogP contribution in [0.2, 0.25) is 0 Å². The predicted octanol–water partition coefficient (Wildman–Crippen LogP) is 2.37. The number of nitrogens with zero attached hydrogens (tertiary/aromatic N) is 1. The third-order valence-corrected chi connectivity index (χ3v) is 3.58. The summed E-state index contributed by atoms with van der Waals surface area (Å²) < 4.78 is 0. The number of urea groups is 1. The summed E-state index contributed by atoms with van der Waals surface area (Å²) in [5, 5.41) is 11.6. The lowest BCUT2D eigenvalue weighted by atomic mass is 10.1. The second kappa shape index (κ2) is 6.00. The third kappa shape index (κ3) is 2.89. The molecule has 24 heavy (non-hydrogen) atoms. The van der Waals surface area contributed by atoms with Gasteiger partial charge in [-0.25, -0.2) is 9.69 Å². The van der Waals surface area contributed by atoms with Crippen molar-refractivity contribution in [3.8, 4) is 5.75 Å². The summed E-state index contributed by atoms with van der Waals surface area (Å²) in [6.45, 7) is 1.89. The molecule has 2 N–H and O–H groups in total. The number of amides is 4. The predicted molar refractivity (Wildman–Crippen MR) is 88.3 cm³/mol. The smallest absolute Gasteiger partial charge is 0.335 e. The minimum Gasteiger partial charge on any atom is -0.508 e. The monoisotopic (exact) mass is 322 g/mol. The van der Waals surface area contributed by atoms with Crippen LogP contribution in [-0.2, 0) is 9.59 Å². The molecule has 1 saturated heterocycles. The maximum atomic E-state index is 12.6. The maximum Gasteiger partial charge on any atom is 0.335 e. The van der Waals surface area contributed by atoms with Gasteiger partial charge in [0.1, 0.15) is 11.3 Å². The lowest BCUT2D eigenvalue weighted by molar-refractivity contribution is -0.122. The quantitative estimate of drug-likeness (QED) is 0.656. The van der Waals surface area contributed by atoms with Gasteiger partial charge in [-0.2, -0.15) is 0 Å². The number of anilines is 1. The number of barbiturate groups is 1. The molecular formula is C18H14N2O4. The number of imide groups is 2. The molecular weight excluding hydrogens is 308 g/mol. The van der Waals surface area contributed by atoms with Gasteiger partial charge in [-0.1, -0.05) is 29.8 Å². The fraction of sp³-hybridized carbons (Fsp3) is 0.0556. The summed E-state index contributed by atoms with van der Waals surface area (Å²) in [6, 6.07) is 12.1. The highest BCUT2D eigenvalue weighted by molar-refractivity contribution is 6.39. The number of nitrogens with one attached hydrogen (secondary N) is 1. The van der Waals surface area contributed by atoms with Crippen LogP contribution in [0.4, 0.5) is 10.5 Å². The summed E-state index contributed by atoms with van der Waals surface area (Å²) in [7, 11) is 0. The summed E-state index contributed by atoms with van der Waals surface area (Å²) in [4.78, 5) is 37.6. The van der Waals surface area contributed by atoms with Crippen molar-refractivity contribution >= 4 is 29.6 Å². The zero-order valence-corrected chi connectivity index (χ0v) is 12.8. The third-order valence-electron chi connectivity index (χ3n) is 3.58. The first-order valence-electron chi connectivity index (χ1n) is 7.23. The Morgan fingerprint density at radius 1 is 1.04 bits per heavy atom. The van der Waals surface area contributed by atoms with Crippen molar-refractivity contribution in [3.05, 3.63) is 65.2 Å². The van der Waals surface area contributed by atoms with Gasteiger partial charge in [0.2, 0.25) is 0 Å². The van der Waals surface area contributed by atoms with Gasteiger partial charge in [-0.05, 0) is 42.8 Å². The number of aryl methyl sites for hydroxylation is 1. The van der Waals surface area contributed by atoms with Crippen LogP contribution in [0.25, 0.3) is 6.08 Å². The molecule has 4 amide bonds. The number of aromatic hydroxyl groups is 1. The Bertz CT molecular complexity index is 869. The van der Waals surface area contributed by atoms with Crippen molar-refractivity contribution in [3.63, 3.8) is 0 Å². The Labute approximate surface area is 138 Å². The Hall–Kier alpha value is -3.41. The topological polar surface area (TPSA) is 86.7 Å². The lowest BCUT2D eigenvalue weighted by Gasteiger charge is -2.26. The van der Waals surface area contributed by atoms with Gasteiger partial charge in [0.05, 0.1) is 5.69 Å². The van der Waals surface area contributed by atoms with Crippen LogP contribution in [0.5, 0.6) is 5.75 Å². The first-order chi connectivity index (χ1) is 11.5. The number of hydrogen-bond donors (Lipinski definition) is 2. The molecule has 120 valence electrons. The molecule has 2 aromatic carbocycles. The van der Waals surface area contributed by atoms with Gasteiger partial charge in [-0.3, -0.25) is 14.9 Å². The van der Waals surface area contributed by atoms with E-state index in [0.29, 0.717) is 11.3 Å².